The molecular formula is C23H25BrN2O5. The van der Waals surface area contributed by atoms with E-state index in [1.807, 2.05) is 53.9 Å². The quantitative estimate of drug-likeness (QED) is 0.358. The normalized spacial score (nSPS) is 11.1. The smallest absolute Gasteiger partial charge is 0.340 e. The molecule has 2 aromatic carbocycles. The lowest BCUT2D eigenvalue weighted by molar-refractivity contribution is -0.131. The molecule has 0 bridgehead atoms. The SMILES string of the molecule is CCOC(=O)c1c(CN(C)C)n(-c2ccc(OC)cc2)c2cc(Br)c(OC(C)=O)cc12. The molecule has 0 saturated carbocycles. The van der Waals surface area contributed by atoms with Gasteiger partial charge in [0.15, 0.2) is 0 Å². The lowest BCUT2D eigenvalue weighted by atomic mass is 10.1. The zero-order valence-corrected chi connectivity index (χ0v) is 19.8. The molecule has 164 valence electrons. The first-order valence-corrected chi connectivity index (χ1v) is 10.6. The van der Waals surface area contributed by atoms with E-state index in [0.29, 0.717) is 27.7 Å². The maximum atomic E-state index is 13.0. The fraction of sp³-hybridized carbons (Fsp3) is 0.304. The number of aromatic nitrogens is 1. The van der Waals surface area contributed by atoms with E-state index < -0.39 is 11.9 Å². The molecule has 3 aromatic rings. The van der Waals surface area contributed by atoms with Crippen molar-refractivity contribution in [3.05, 3.63) is 52.1 Å². The molecule has 0 unspecified atom stereocenters. The van der Waals surface area contributed by atoms with Crippen molar-refractivity contribution < 1.29 is 23.8 Å². The van der Waals surface area contributed by atoms with Crippen molar-refractivity contribution in [1.82, 2.24) is 9.47 Å². The number of carbonyl (C=O) groups is 2. The molecule has 0 aliphatic heterocycles. The topological polar surface area (TPSA) is 70.0 Å². The Balaban J connectivity index is 2.39. The molecule has 31 heavy (non-hydrogen) atoms. The number of ether oxygens (including phenoxy) is 3. The van der Waals surface area contributed by atoms with Gasteiger partial charge in [-0.15, -0.1) is 0 Å². The summed E-state index contributed by atoms with van der Waals surface area (Å²) < 4.78 is 18.6. The number of esters is 2. The molecule has 3 rings (SSSR count). The Labute approximate surface area is 189 Å². The van der Waals surface area contributed by atoms with Gasteiger partial charge in [-0.1, -0.05) is 0 Å². The van der Waals surface area contributed by atoms with Crippen molar-refractivity contribution >= 4 is 38.8 Å². The number of carbonyl (C=O) groups excluding carboxylic acids is 2. The van der Waals surface area contributed by atoms with Crippen LogP contribution in [0.1, 0.15) is 29.9 Å². The highest BCUT2D eigenvalue weighted by Crippen LogP contribution is 2.38. The van der Waals surface area contributed by atoms with E-state index in [-0.39, 0.29) is 6.61 Å². The molecule has 0 N–H and O–H groups in total. The van der Waals surface area contributed by atoms with Crippen LogP contribution in [-0.2, 0) is 16.1 Å². The van der Waals surface area contributed by atoms with Crippen molar-refractivity contribution in [2.75, 3.05) is 27.8 Å². The molecule has 0 aliphatic carbocycles. The van der Waals surface area contributed by atoms with Crippen molar-refractivity contribution in [3.63, 3.8) is 0 Å². The Morgan fingerprint density at radius 1 is 1.13 bits per heavy atom. The van der Waals surface area contributed by atoms with Gasteiger partial charge in [-0.05, 0) is 73.3 Å². The molecule has 1 aromatic heterocycles. The van der Waals surface area contributed by atoms with Crippen molar-refractivity contribution in [2.24, 2.45) is 0 Å². The second-order valence-corrected chi connectivity index (χ2v) is 8.06. The van der Waals surface area contributed by atoms with E-state index in [2.05, 4.69) is 15.9 Å². The van der Waals surface area contributed by atoms with Gasteiger partial charge in [-0.2, -0.15) is 0 Å². The van der Waals surface area contributed by atoms with E-state index in [4.69, 9.17) is 14.2 Å². The lowest BCUT2D eigenvalue weighted by Crippen LogP contribution is -2.17. The summed E-state index contributed by atoms with van der Waals surface area (Å²) in [4.78, 5) is 26.6. The number of fused-ring (bicyclic) bond motifs is 1. The molecule has 0 aliphatic rings. The van der Waals surface area contributed by atoms with Crippen LogP contribution in [-0.4, -0.2) is 49.2 Å². The number of rotatable bonds is 7. The van der Waals surface area contributed by atoms with Crippen molar-refractivity contribution in [3.8, 4) is 17.2 Å². The molecule has 0 amide bonds. The minimum atomic E-state index is -0.444. The molecule has 7 nitrogen and oxygen atoms in total. The van der Waals surface area contributed by atoms with Crippen molar-refractivity contribution in [1.29, 1.82) is 0 Å². The summed E-state index contributed by atoms with van der Waals surface area (Å²) >= 11 is 3.49. The van der Waals surface area contributed by atoms with Gasteiger partial charge in [0.25, 0.3) is 0 Å². The van der Waals surface area contributed by atoms with E-state index in [1.54, 1.807) is 20.1 Å². The number of nitrogens with zero attached hydrogens (tertiary/aromatic N) is 2. The largest absolute Gasteiger partial charge is 0.497 e. The predicted molar refractivity (Wildman–Crippen MR) is 122 cm³/mol. The minimum Gasteiger partial charge on any atom is -0.497 e. The highest BCUT2D eigenvalue weighted by molar-refractivity contribution is 9.10. The number of benzene rings is 2. The van der Waals surface area contributed by atoms with E-state index in [9.17, 15) is 9.59 Å². The van der Waals surface area contributed by atoms with Crippen LogP contribution in [0.25, 0.3) is 16.6 Å². The van der Waals surface area contributed by atoms with Crippen molar-refractivity contribution in [2.45, 2.75) is 20.4 Å². The zero-order valence-electron chi connectivity index (χ0n) is 18.2. The Morgan fingerprint density at radius 2 is 1.81 bits per heavy atom. The van der Waals surface area contributed by atoms with Crippen LogP contribution in [0.3, 0.4) is 0 Å². The zero-order chi connectivity index (χ0) is 22.7. The molecule has 1 heterocycles. The molecular weight excluding hydrogens is 464 g/mol. The number of methoxy groups -OCH3 is 1. The van der Waals surface area contributed by atoms with E-state index in [0.717, 1.165) is 22.6 Å². The third-order valence-electron chi connectivity index (χ3n) is 4.65. The molecule has 0 radical (unpaired) electrons. The van der Waals surface area contributed by atoms with Crippen LogP contribution in [0.15, 0.2) is 40.9 Å². The van der Waals surface area contributed by atoms with Crippen LogP contribution < -0.4 is 9.47 Å². The third-order valence-corrected chi connectivity index (χ3v) is 5.27. The minimum absolute atomic E-state index is 0.253. The first-order chi connectivity index (χ1) is 14.8. The standard InChI is InChI=1S/C23H25BrN2O5/c1-6-30-23(28)22-17-11-21(31-14(2)27)18(24)12-19(17)26(20(22)13-25(3)4)15-7-9-16(29-5)10-8-15/h7-12H,6,13H2,1-5H3. The van der Waals surface area contributed by atoms with Gasteiger partial charge in [-0.25, -0.2) is 4.79 Å². The van der Waals surface area contributed by atoms with Gasteiger partial charge in [0.2, 0.25) is 0 Å². The maximum Gasteiger partial charge on any atom is 0.340 e. The highest BCUT2D eigenvalue weighted by atomic mass is 79.9. The van der Waals surface area contributed by atoms with Gasteiger partial charge in [0, 0.05) is 24.5 Å². The fourth-order valence-electron chi connectivity index (χ4n) is 3.48. The van der Waals surface area contributed by atoms with Gasteiger partial charge >= 0.3 is 11.9 Å². The average Bonchev–Trinajstić information content (AvgIpc) is 3.00. The summed E-state index contributed by atoms with van der Waals surface area (Å²) in [5.74, 6) is 0.209. The second kappa shape index (κ2) is 9.53. The van der Waals surface area contributed by atoms with E-state index in [1.165, 1.54) is 6.92 Å². The average molecular weight is 489 g/mol. The maximum absolute atomic E-state index is 13.0. The third kappa shape index (κ3) is 4.75. The Kier molecular flexibility index (Phi) is 7.02. The molecule has 0 atom stereocenters. The molecule has 0 fully saturated rings. The van der Waals surface area contributed by atoms with Crippen LogP contribution in [0.4, 0.5) is 0 Å². The Bertz CT molecular complexity index is 1120. The predicted octanol–water partition coefficient (Wildman–Crippen LogP) is 4.57. The van der Waals surface area contributed by atoms with Gasteiger partial charge in [-0.3, -0.25) is 4.79 Å². The first-order valence-electron chi connectivity index (χ1n) is 9.78. The first kappa shape index (κ1) is 22.8. The Hall–Kier alpha value is -2.84. The van der Waals surface area contributed by atoms with Gasteiger partial charge < -0.3 is 23.7 Å². The van der Waals surface area contributed by atoms with Crippen LogP contribution >= 0.6 is 15.9 Å². The van der Waals surface area contributed by atoms with Crippen LogP contribution in [0, 0.1) is 0 Å². The van der Waals surface area contributed by atoms with Gasteiger partial charge in [0.05, 0.1) is 35.0 Å². The van der Waals surface area contributed by atoms with Gasteiger partial charge in [0.1, 0.15) is 11.5 Å². The lowest BCUT2D eigenvalue weighted by Gasteiger charge is -2.16. The van der Waals surface area contributed by atoms with E-state index >= 15 is 0 Å². The Morgan fingerprint density at radius 3 is 2.35 bits per heavy atom. The van der Waals surface area contributed by atoms with Crippen LogP contribution in [0.5, 0.6) is 11.5 Å². The van der Waals surface area contributed by atoms with Crippen LogP contribution in [0.2, 0.25) is 0 Å². The summed E-state index contributed by atoms with van der Waals surface area (Å²) in [6, 6.07) is 11.1. The summed E-state index contributed by atoms with van der Waals surface area (Å²) in [5.41, 5.74) is 2.87. The highest BCUT2D eigenvalue weighted by Gasteiger charge is 2.26. The molecule has 0 saturated heterocycles. The summed E-state index contributed by atoms with van der Waals surface area (Å²) in [6.07, 6.45) is 0. The summed E-state index contributed by atoms with van der Waals surface area (Å²) in [6.45, 7) is 3.86. The molecule has 8 heteroatoms. The number of hydrogen-bond donors (Lipinski definition) is 0. The second-order valence-electron chi connectivity index (χ2n) is 7.21. The number of hydrogen-bond acceptors (Lipinski definition) is 6. The summed E-state index contributed by atoms with van der Waals surface area (Å²) in [5, 5.41) is 0.644. The number of halogens is 1. The fourth-order valence-corrected chi connectivity index (χ4v) is 3.89. The summed E-state index contributed by atoms with van der Waals surface area (Å²) in [7, 11) is 5.49. The molecule has 0 spiro atoms. The monoisotopic (exact) mass is 488 g/mol.